The minimum absolute atomic E-state index is 0.0595. The van der Waals surface area contributed by atoms with Crippen molar-refractivity contribution in [2.24, 2.45) is 0 Å². The first kappa shape index (κ1) is 23.1. The summed E-state index contributed by atoms with van der Waals surface area (Å²) < 4.78 is 26.0. The summed E-state index contributed by atoms with van der Waals surface area (Å²) in [5.74, 6) is -0.201. The van der Waals surface area contributed by atoms with Crippen LogP contribution in [-0.2, 0) is 23.1 Å². The van der Waals surface area contributed by atoms with E-state index >= 15 is 0 Å². The zero-order chi connectivity index (χ0) is 22.6. The normalized spacial score (nSPS) is 11.2. The maximum Gasteiger partial charge on any atom is 0.251 e. The van der Waals surface area contributed by atoms with E-state index < -0.39 is 10.0 Å². The Morgan fingerprint density at radius 1 is 0.968 bits per heavy atom. The fourth-order valence-corrected chi connectivity index (χ4v) is 4.42. The van der Waals surface area contributed by atoms with Gasteiger partial charge in [0, 0.05) is 12.1 Å². The Bertz CT molecular complexity index is 1200. The molecule has 31 heavy (non-hydrogen) atoms. The molecular weight excluding hydrogens is 455 g/mol. The summed E-state index contributed by atoms with van der Waals surface area (Å²) in [5, 5.41) is 3.34. The molecule has 0 atom stereocenters. The van der Waals surface area contributed by atoms with Crippen molar-refractivity contribution in [3.63, 3.8) is 0 Å². The molecule has 3 aromatic carbocycles. The summed E-state index contributed by atoms with van der Waals surface area (Å²) in [5.41, 5.74) is 3.66. The molecule has 0 aliphatic rings. The van der Waals surface area contributed by atoms with Gasteiger partial charge in [-0.1, -0.05) is 65.7 Å². The van der Waals surface area contributed by atoms with Gasteiger partial charge in [-0.15, -0.1) is 0 Å². The van der Waals surface area contributed by atoms with E-state index in [9.17, 15) is 13.2 Å². The minimum Gasteiger partial charge on any atom is -0.348 e. The van der Waals surface area contributed by atoms with Crippen LogP contribution < -0.4 is 9.62 Å². The van der Waals surface area contributed by atoms with Gasteiger partial charge in [-0.25, -0.2) is 8.42 Å². The van der Waals surface area contributed by atoms with Gasteiger partial charge in [-0.05, 0) is 47.9 Å². The predicted octanol–water partition coefficient (Wildman–Crippen LogP) is 5.20. The van der Waals surface area contributed by atoms with Crippen LogP contribution in [0.3, 0.4) is 0 Å². The number of carbonyl (C=O) groups is 1. The van der Waals surface area contributed by atoms with Crippen molar-refractivity contribution < 1.29 is 13.2 Å². The zero-order valence-electron chi connectivity index (χ0n) is 17.1. The van der Waals surface area contributed by atoms with Gasteiger partial charge in [-0.2, -0.15) is 0 Å². The van der Waals surface area contributed by atoms with E-state index in [0.29, 0.717) is 23.4 Å². The molecule has 0 saturated carbocycles. The van der Waals surface area contributed by atoms with Gasteiger partial charge >= 0.3 is 0 Å². The van der Waals surface area contributed by atoms with Crippen LogP contribution in [0.25, 0.3) is 0 Å². The second-order valence-electron chi connectivity index (χ2n) is 7.15. The van der Waals surface area contributed by atoms with E-state index in [4.69, 9.17) is 23.2 Å². The number of anilines is 1. The van der Waals surface area contributed by atoms with E-state index in [2.05, 4.69) is 5.32 Å². The lowest BCUT2D eigenvalue weighted by atomic mass is 10.1. The molecule has 3 rings (SSSR count). The molecule has 0 fully saturated rings. The highest BCUT2D eigenvalue weighted by atomic mass is 35.5. The van der Waals surface area contributed by atoms with E-state index in [1.165, 1.54) is 4.31 Å². The lowest BCUT2D eigenvalue weighted by Crippen LogP contribution is -2.29. The van der Waals surface area contributed by atoms with E-state index in [-0.39, 0.29) is 22.5 Å². The minimum atomic E-state index is -3.61. The Balaban J connectivity index is 1.74. The third-order valence-electron chi connectivity index (χ3n) is 4.84. The zero-order valence-corrected chi connectivity index (χ0v) is 19.4. The lowest BCUT2D eigenvalue weighted by Gasteiger charge is -2.24. The van der Waals surface area contributed by atoms with Crippen molar-refractivity contribution in [1.82, 2.24) is 5.32 Å². The summed E-state index contributed by atoms with van der Waals surface area (Å²) in [6, 6.07) is 19.5. The van der Waals surface area contributed by atoms with Crippen LogP contribution in [0.2, 0.25) is 10.0 Å². The molecular formula is C23H22Cl2N2O3S. The highest BCUT2D eigenvalue weighted by Crippen LogP contribution is 2.34. The molecule has 0 saturated heterocycles. The van der Waals surface area contributed by atoms with Crippen LogP contribution in [0.4, 0.5) is 5.69 Å². The first-order valence-corrected chi connectivity index (χ1v) is 12.1. The molecule has 1 amide bonds. The highest BCUT2D eigenvalue weighted by molar-refractivity contribution is 7.92. The topological polar surface area (TPSA) is 66.5 Å². The summed E-state index contributed by atoms with van der Waals surface area (Å²) >= 11 is 12.3. The molecule has 1 N–H and O–H groups in total. The third kappa shape index (κ3) is 5.79. The molecule has 0 radical (unpaired) electrons. The number of hydrogen-bond donors (Lipinski definition) is 1. The van der Waals surface area contributed by atoms with Gasteiger partial charge in [-0.3, -0.25) is 9.10 Å². The molecule has 0 aliphatic heterocycles. The summed E-state index contributed by atoms with van der Waals surface area (Å²) in [6.07, 6.45) is 1.11. The highest BCUT2D eigenvalue weighted by Gasteiger charge is 2.21. The second kappa shape index (κ2) is 9.73. The number of nitrogens with zero attached hydrogens (tertiary/aromatic N) is 1. The first-order chi connectivity index (χ1) is 14.7. The van der Waals surface area contributed by atoms with Gasteiger partial charge in [0.25, 0.3) is 5.91 Å². The van der Waals surface area contributed by atoms with Crippen LogP contribution in [0.5, 0.6) is 0 Å². The van der Waals surface area contributed by atoms with Crippen molar-refractivity contribution in [3.8, 4) is 0 Å². The number of nitrogens with one attached hydrogen (secondary N) is 1. The number of hydrogen-bond acceptors (Lipinski definition) is 3. The fraction of sp³-hybridized carbons (Fsp3) is 0.174. The van der Waals surface area contributed by atoms with Crippen molar-refractivity contribution in [2.75, 3.05) is 10.6 Å². The standard InChI is InChI=1S/C23H22Cl2N2O3S/c1-16-6-3-4-7-19(16)14-26-23(28)18-12-10-17(11-13-18)15-27(31(2,29)30)21-9-5-8-20(24)22(21)25/h3-13H,14-15H2,1-2H3,(H,26,28). The van der Waals surface area contributed by atoms with Crippen LogP contribution in [0, 0.1) is 6.92 Å². The maximum absolute atomic E-state index is 12.5. The Morgan fingerprint density at radius 3 is 2.29 bits per heavy atom. The summed E-state index contributed by atoms with van der Waals surface area (Å²) in [7, 11) is -3.61. The van der Waals surface area contributed by atoms with Gasteiger partial charge in [0.1, 0.15) is 0 Å². The van der Waals surface area contributed by atoms with Crippen LogP contribution >= 0.6 is 23.2 Å². The SMILES string of the molecule is Cc1ccccc1CNC(=O)c1ccc(CN(c2cccc(Cl)c2Cl)S(C)(=O)=O)cc1. The number of amides is 1. The Kier molecular flexibility index (Phi) is 7.26. The number of benzene rings is 3. The number of carbonyl (C=O) groups excluding carboxylic acids is 1. The van der Waals surface area contributed by atoms with E-state index in [0.717, 1.165) is 17.4 Å². The molecule has 0 bridgehead atoms. The summed E-state index contributed by atoms with van der Waals surface area (Å²) in [4.78, 5) is 12.5. The van der Waals surface area contributed by atoms with E-state index in [1.54, 1.807) is 42.5 Å². The maximum atomic E-state index is 12.5. The summed E-state index contributed by atoms with van der Waals surface area (Å²) in [6.45, 7) is 2.49. The molecule has 0 heterocycles. The Labute approximate surface area is 192 Å². The average molecular weight is 477 g/mol. The molecule has 162 valence electrons. The molecule has 0 aliphatic carbocycles. The van der Waals surface area contributed by atoms with Gasteiger partial charge < -0.3 is 5.32 Å². The van der Waals surface area contributed by atoms with Gasteiger partial charge in [0.2, 0.25) is 10.0 Å². The number of sulfonamides is 1. The van der Waals surface area contributed by atoms with Crippen LogP contribution in [0.15, 0.2) is 66.7 Å². The smallest absolute Gasteiger partial charge is 0.251 e. The van der Waals surface area contributed by atoms with Gasteiger partial charge in [0.05, 0.1) is 28.5 Å². The molecule has 0 spiro atoms. The monoisotopic (exact) mass is 476 g/mol. The number of rotatable bonds is 7. The second-order valence-corrected chi connectivity index (χ2v) is 9.84. The largest absolute Gasteiger partial charge is 0.348 e. The van der Waals surface area contributed by atoms with Crippen LogP contribution in [0.1, 0.15) is 27.0 Å². The quantitative estimate of drug-likeness (QED) is 0.509. The van der Waals surface area contributed by atoms with E-state index in [1.807, 2.05) is 31.2 Å². The molecule has 5 nitrogen and oxygen atoms in total. The fourth-order valence-electron chi connectivity index (χ4n) is 3.08. The van der Waals surface area contributed by atoms with Gasteiger partial charge in [0.15, 0.2) is 0 Å². The van der Waals surface area contributed by atoms with Crippen molar-refractivity contribution in [1.29, 1.82) is 0 Å². The predicted molar refractivity (Wildman–Crippen MR) is 126 cm³/mol. The Morgan fingerprint density at radius 2 is 1.65 bits per heavy atom. The molecule has 8 heteroatoms. The van der Waals surface area contributed by atoms with Crippen LogP contribution in [-0.4, -0.2) is 20.6 Å². The third-order valence-corrected chi connectivity index (χ3v) is 6.78. The first-order valence-electron chi connectivity index (χ1n) is 9.50. The average Bonchev–Trinajstić information content (AvgIpc) is 2.73. The lowest BCUT2D eigenvalue weighted by molar-refractivity contribution is 0.0951. The molecule has 0 unspecified atom stereocenters. The number of aryl methyl sites for hydroxylation is 1. The van der Waals surface area contributed by atoms with Crippen molar-refractivity contribution in [2.45, 2.75) is 20.0 Å². The molecule has 0 aromatic heterocycles. The number of halogens is 2. The Hall–Kier alpha value is -2.54. The van der Waals surface area contributed by atoms with Crippen molar-refractivity contribution in [3.05, 3.63) is 99.0 Å². The molecule has 3 aromatic rings. The van der Waals surface area contributed by atoms with Crippen molar-refractivity contribution >= 4 is 44.8 Å².